The standard InChI is InChI=1S/C27H31F3N4O3S/c1-20-6-5-9-26-25(20)19-33(38(36,37)27(28,29)30)18-24(11-10-21-7-3-2-4-8-21)34(26)17-23-16-22(12-13-31-23)32-14-15-35/h2-9,12-13,16,24,35H,10-11,14-15,17-19H2,1H3,(H,31,32). The van der Waals surface area contributed by atoms with Gasteiger partial charge in [0.25, 0.3) is 0 Å². The van der Waals surface area contributed by atoms with Crippen LogP contribution in [0.4, 0.5) is 24.5 Å². The van der Waals surface area contributed by atoms with E-state index in [9.17, 15) is 21.6 Å². The van der Waals surface area contributed by atoms with Gasteiger partial charge in [-0.1, -0.05) is 42.5 Å². The number of nitrogens with one attached hydrogen (secondary N) is 1. The maximum Gasteiger partial charge on any atom is 0.511 e. The van der Waals surface area contributed by atoms with Gasteiger partial charge in [-0.2, -0.15) is 17.5 Å². The summed E-state index contributed by atoms with van der Waals surface area (Å²) in [4.78, 5) is 6.45. The average molecular weight is 549 g/mol. The first-order valence-corrected chi connectivity index (χ1v) is 13.8. The number of benzene rings is 2. The lowest BCUT2D eigenvalue weighted by atomic mass is 10.0. The Bertz CT molecular complexity index is 1340. The van der Waals surface area contributed by atoms with Crippen molar-refractivity contribution in [3.8, 4) is 0 Å². The molecule has 38 heavy (non-hydrogen) atoms. The van der Waals surface area contributed by atoms with E-state index in [0.29, 0.717) is 46.2 Å². The second-order valence-electron chi connectivity index (χ2n) is 9.31. The predicted molar refractivity (Wildman–Crippen MR) is 141 cm³/mol. The summed E-state index contributed by atoms with van der Waals surface area (Å²) < 4.78 is 67.0. The summed E-state index contributed by atoms with van der Waals surface area (Å²) in [6.07, 6.45) is 2.63. The smallest absolute Gasteiger partial charge is 0.395 e. The summed E-state index contributed by atoms with van der Waals surface area (Å²) >= 11 is 0. The lowest BCUT2D eigenvalue weighted by Gasteiger charge is -2.34. The van der Waals surface area contributed by atoms with Gasteiger partial charge in [0.1, 0.15) is 0 Å². The Kier molecular flexibility index (Phi) is 8.59. The van der Waals surface area contributed by atoms with Gasteiger partial charge in [-0.05, 0) is 54.7 Å². The van der Waals surface area contributed by atoms with Crippen molar-refractivity contribution in [1.82, 2.24) is 9.29 Å². The first-order chi connectivity index (χ1) is 18.1. The molecular formula is C27H31F3N4O3S. The molecule has 2 aromatic carbocycles. The van der Waals surface area contributed by atoms with Crippen LogP contribution < -0.4 is 10.2 Å². The minimum Gasteiger partial charge on any atom is -0.395 e. The number of hydrogen-bond acceptors (Lipinski definition) is 6. The Hall–Kier alpha value is -3.15. The third-order valence-corrected chi connectivity index (χ3v) is 8.26. The molecule has 0 bridgehead atoms. The first-order valence-electron chi connectivity index (χ1n) is 12.4. The van der Waals surface area contributed by atoms with E-state index in [1.807, 2.05) is 53.4 Å². The summed E-state index contributed by atoms with van der Waals surface area (Å²) in [6, 6.07) is 18.1. The molecule has 0 radical (unpaired) electrons. The normalized spacial score (nSPS) is 16.7. The van der Waals surface area contributed by atoms with Gasteiger partial charge < -0.3 is 15.3 Å². The third kappa shape index (κ3) is 6.28. The van der Waals surface area contributed by atoms with Crippen LogP contribution in [0.15, 0.2) is 66.9 Å². The molecule has 0 saturated carbocycles. The van der Waals surface area contributed by atoms with E-state index in [-0.39, 0.29) is 26.2 Å². The van der Waals surface area contributed by atoms with Crippen molar-refractivity contribution in [2.75, 3.05) is 29.9 Å². The lowest BCUT2D eigenvalue weighted by Crippen LogP contribution is -2.47. The number of pyridine rings is 1. The number of halogens is 3. The van der Waals surface area contributed by atoms with Crippen molar-refractivity contribution < 1.29 is 26.7 Å². The fraction of sp³-hybridized carbons (Fsp3) is 0.370. The summed E-state index contributed by atoms with van der Waals surface area (Å²) in [7, 11) is -5.55. The summed E-state index contributed by atoms with van der Waals surface area (Å²) in [5.41, 5.74) is -1.02. The number of aliphatic hydroxyl groups excluding tert-OH is 1. The van der Waals surface area contributed by atoms with Crippen molar-refractivity contribution in [3.05, 3.63) is 89.2 Å². The Balaban J connectivity index is 1.76. The molecule has 1 aliphatic rings. The molecule has 2 heterocycles. The Labute approximate surface area is 221 Å². The van der Waals surface area contributed by atoms with Crippen LogP contribution in [-0.4, -0.2) is 54.1 Å². The van der Waals surface area contributed by atoms with E-state index in [1.54, 1.807) is 25.3 Å². The van der Waals surface area contributed by atoms with Gasteiger partial charge in [-0.15, -0.1) is 0 Å². The number of anilines is 2. The molecule has 11 heteroatoms. The van der Waals surface area contributed by atoms with Gasteiger partial charge in [0.05, 0.1) is 18.8 Å². The average Bonchev–Trinajstić information content (AvgIpc) is 3.05. The van der Waals surface area contributed by atoms with Crippen molar-refractivity contribution in [3.63, 3.8) is 0 Å². The number of aryl methyl sites for hydroxylation is 2. The molecule has 1 atom stereocenters. The van der Waals surface area contributed by atoms with E-state index in [4.69, 9.17) is 5.11 Å². The minimum atomic E-state index is -5.55. The van der Waals surface area contributed by atoms with E-state index in [2.05, 4.69) is 10.3 Å². The molecule has 0 amide bonds. The maximum absolute atomic E-state index is 13.7. The molecule has 204 valence electrons. The van der Waals surface area contributed by atoms with Crippen LogP contribution in [0.3, 0.4) is 0 Å². The van der Waals surface area contributed by atoms with Gasteiger partial charge in [0.15, 0.2) is 0 Å². The van der Waals surface area contributed by atoms with E-state index < -0.39 is 21.6 Å². The number of sulfonamides is 1. The zero-order valence-electron chi connectivity index (χ0n) is 21.0. The third-order valence-electron chi connectivity index (χ3n) is 6.72. The Morgan fingerprint density at radius 1 is 1.11 bits per heavy atom. The quantitative estimate of drug-likeness (QED) is 0.411. The number of fused-ring (bicyclic) bond motifs is 1. The molecule has 0 spiro atoms. The molecule has 2 N–H and O–H groups in total. The fourth-order valence-corrected chi connectivity index (χ4v) is 5.71. The molecular weight excluding hydrogens is 517 g/mol. The monoisotopic (exact) mass is 548 g/mol. The molecule has 7 nitrogen and oxygen atoms in total. The van der Waals surface area contributed by atoms with Gasteiger partial charge >= 0.3 is 15.5 Å². The molecule has 3 aromatic rings. The highest BCUT2D eigenvalue weighted by Crippen LogP contribution is 2.37. The fourth-order valence-electron chi connectivity index (χ4n) is 4.75. The summed E-state index contributed by atoms with van der Waals surface area (Å²) in [6.45, 7) is 1.68. The van der Waals surface area contributed by atoms with Crippen molar-refractivity contribution >= 4 is 21.4 Å². The second-order valence-corrected chi connectivity index (χ2v) is 11.2. The van der Waals surface area contributed by atoms with Crippen molar-refractivity contribution in [1.29, 1.82) is 0 Å². The highest BCUT2D eigenvalue weighted by Gasteiger charge is 2.51. The molecule has 0 saturated heterocycles. The van der Waals surface area contributed by atoms with Crippen LogP contribution in [0, 0.1) is 6.92 Å². The second kappa shape index (κ2) is 11.7. The topological polar surface area (TPSA) is 85.8 Å². The van der Waals surface area contributed by atoms with Crippen LogP contribution in [0.1, 0.15) is 28.8 Å². The molecule has 1 unspecified atom stereocenters. The number of aromatic nitrogens is 1. The van der Waals surface area contributed by atoms with Crippen LogP contribution in [-0.2, 0) is 29.5 Å². The lowest BCUT2D eigenvalue weighted by molar-refractivity contribution is -0.0492. The van der Waals surface area contributed by atoms with Gasteiger partial charge in [0.2, 0.25) is 0 Å². The summed E-state index contributed by atoms with van der Waals surface area (Å²) in [5.74, 6) is 0. The highest BCUT2D eigenvalue weighted by molar-refractivity contribution is 7.89. The van der Waals surface area contributed by atoms with Gasteiger partial charge in [-0.3, -0.25) is 4.98 Å². The van der Waals surface area contributed by atoms with E-state index in [0.717, 1.165) is 11.3 Å². The van der Waals surface area contributed by atoms with E-state index >= 15 is 0 Å². The molecule has 1 aliphatic heterocycles. The molecule has 1 aromatic heterocycles. The number of nitrogens with zero attached hydrogens (tertiary/aromatic N) is 3. The van der Waals surface area contributed by atoms with Crippen molar-refractivity contribution in [2.45, 2.75) is 44.4 Å². The highest BCUT2D eigenvalue weighted by atomic mass is 32.2. The largest absolute Gasteiger partial charge is 0.511 e. The van der Waals surface area contributed by atoms with Crippen LogP contribution in [0.2, 0.25) is 0 Å². The molecule has 4 rings (SSSR count). The first kappa shape index (κ1) is 27.9. The predicted octanol–water partition coefficient (Wildman–Crippen LogP) is 4.47. The minimum absolute atomic E-state index is 0.0402. The van der Waals surface area contributed by atoms with Crippen molar-refractivity contribution in [2.24, 2.45) is 0 Å². The van der Waals surface area contributed by atoms with E-state index in [1.165, 1.54) is 0 Å². The Morgan fingerprint density at radius 2 is 1.87 bits per heavy atom. The summed E-state index contributed by atoms with van der Waals surface area (Å²) in [5, 5.41) is 12.2. The van der Waals surface area contributed by atoms with Gasteiger partial charge in [0, 0.05) is 43.2 Å². The van der Waals surface area contributed by atoms with Crippen LogP contribution in [0.5, 0.6) is 0 Å². The zero-order chi connectivity index (χ0) is 27.3. The zero-order valence-corrected chi connectivity index (χ0v) is 21.8. The van der Waals surface area contributed by atoms with Crippen LogP contribution in [0.25, 0.3) is 0 Å². The molecule has 0 aliphatic carbocycles. The molecule has 0 fully saturated rings. The maximum atomic E-state index is 13.7. The Morgan fingerprint density at radius 3 is 2.58 bits per heavy atom. The number of aliphatic hydroxyl groups is 1. The number of alkyl halides is 3. The van der Waals surface area contributed by atoms with Gasteiger partial charge in [-0.25, -0.2) is 8.42 Å². The van der Waals surface area contributed by atoms with Crippen LogP contribution >= 0.6 is 0 Å². The SMILES string of the molecule is Cc1cccc2c1CN(S(=O)(=O)C(F)(F)F)CC(CCc1ccccc1)N2Cc1cc(NCCO)ccn1. The number of hydrogen-bond donors (Lipinski definition) is 2. The number of rotatable bonds is 9.